The van der Waals surface area contributed by atoms with Crippen LogP contribution in [0.2, 0.25) is 0 Å². The number of nitrogens with two attached hydrogens (primary N) is 1. The maximum Gasteiger partial charge on any atom is 0.122 e. The van der Waals surface area contributed by atoms with E-state index in [1.54, 1.807) is 0 Å². The summed E-state index contributed by atoms with van der Waals surface area (Å²) in [5.74, 6) is 0.956. The number of hydrogen-bond acceptors (Lipinski definition) is 3. The van der Waals surface area contributed by atoms with Gasteiger partial charge in [-0.3, -0.25) is 5.41 Å². The Hall–Kier alpha value is -1.39. The third kappa shape index (κ3) is 4.32. The lowest BCUT2D eigenvalue weighted by atomic mass is 9.96. The van der Waals surface area contributed by atoms with Gasteiger partial charge in [0.15, 0.2) is 0 Å². The van der Waals surface area contributed by atoms with E-state index in [1.807, 2.05) is 18.2 Å². The molecule has 4 heteroatoms. The molecule has 1 heterocycles. The molecule has 0 aromatic heterocycles. The Kier molecular flexibility index (Phi) is 5.15. The van der Waals surface area contributed by atoms with E-state index in [0.717, 1.165) is 24.6 Å². The molecule has 0 bridgehead atoms. The fourth-order valence-corrected chi connectivity index (χ4v) is 2.90. The molecule has 20 heavy (non-hydrogen) atoms. The fraction of sp³-hybridized carbons (Fsp3) is 0.562. The van der Waals surface area contributed by atoms with Crippen molar-refractivity contribution in [2.75, 3.05) is 33.7 Å². The standard InChI is InChI=1S/C16H26N4/c1-19-8-6-13(7-9-19)11-20(2)12-14-4-3-5-15(10-14)16(17)18/h3-5,10,13H,6-9,11-12H2,1-2H3,(H3,17,18). The predicted octanol–water partition coefficient (Wildman–Crippen LogP) is 1.74. The lowest BCUT2D eigenvalue weighted by Crippen LogP contribution is -2.35. The van der Waals surface area contributed by atoms with E-state index in [9.17, 15) is 0 Å². The largest absolute Gasteiger partial charge is 0.384 e. The maximum atomic E-state index is 7.50. The molecule has 1 aliphatic heterocycles. The molecule has 0 radical (unpaired) electrons. The molecular formula is C16H26N4. The molecule has 1 aliphatic rings. The van der Waals surface area contributed by atoms with Gasteiger partial charge < -0.3 is 15.5 Å². The molecule has 3 N–H and O–H groups in total. The molecule has 1 aromatic carbocycles. The van der Waals surface area contributed by atoms with Crippen LogP contribution in [-0.2, 0) is 6.54 Å². The maximum absolute atomic E-state index is 7.50. The number of likely N-dealkylation sites (tertiary alicyclic amines) is 1. The molecule has 110 valence electrons. The summed E-state index contributed by atoms with van der Waals surface area (Å²) in [6.07, 6.45) is 2.60. The van der Waals surface area contributed by atoms with Gasteiger partial charge in [-0.05, 0) is 57.6 Å². The summed E-state index contributed by atoms with van der Waals surface area (Å²) < 4.78 is 0. The van der Waals surface area contributed by atoms with Crippen LogP contribution in [0.5, 0.6) is 0 Å². The van der Waals surface area contributed by atoms with Crippen LogP contribution in [0.1, 0.15) is 24.0 Å². The van der Waals surface area contributed by atoms with Gasteiger partial charge in [0.05, 0.1) is 0 Å². The highest BCUT2D eigenvalue weighted by Crippen LogP contribution is 2.18. The van der Waals surface area contributed by atoms with Crippen LogP contribution in [0.4, 0.5) is 0 Å². The highest BCUT2D eigenvalue weighted by atomic mass is 15.1. The van der Waals surface area contributed by atoms with Gasteiger partial charge in [-0.15, -0.1) is 0 Å². The number of nitrogens with zero attached hydrogens (tertiary/aromatic N) is 2. The van der Waals surface area contributed by atoms with Crippen molar-refractivity contribution in [1.82, 2.24) is 9.80 Å². The summed E-state index contributed by atoms with van der Waals surface area (Å²) in [5, 5.41) is 7.50. The first kappa shape index (κ1) is 15.0. The second kappa shape index (κ2) is 6.86. The fourth-order valence-electron chi connectivity index (χ4n) is 2.90. The first-order valence-corrected chi connectivity index (χ1v) is 7.35. The Morgan fingerprint density at radius 1 is 1.40 bits per heavy atom. The van der Waals surface area contributed by atoms with Crippen LogP contribution in [0, 0.1) is 11.3 Å². The van der Waals surface area contributed by atoms with E-state index in [4.69, 9.17) is 11.1 Å². The van der Waals surface area contributed by atoms with Crippen LogP contribution in [0.15, 0.2) is 24.3 Å². The van der Waals surface area contributed by atoms with Crippen LogP contribution in [-0.4, -0.2) is 49.4 Å². The third-order valence-corrected chi connectivity index (χ3v) is 4.10. The summed E-state index contributed by atoms with van der Waals surface area (Å²) in [6, 6.07) is 8.00. The minimum atomic E-state index is 0.143. The van der Waals surface area contributed by atoms with E-state index in [-0.39, 0.29) is 5.84 Å². The van der Waals surface area contributed by atoms with E-state index < -0.39 is 0 Å². The zero-order valence-electron chi connectivity index (χ0n) is 12.6. The molecule has 4 nitrogen and oxygen atoms in total. The highest BCUT2D eigenvalue weighted by molar-refractivity contribution is 5.95. The molecule has 0 unspecified atom stereocenters. The number of piperidine rings is 1. The van der Waals surface area contributed by atoms with Gasteiger partial charge >= 0.3 is 0 Å². The number of hydrogen-bond donors (Lipinski definition) is 2. The molecule has 1 aromatic rings. The normalized spacial score (nSPS) is 17.6. The lowest BCUT2D eigenvalue weighted by molar-refractivity contribution is 0.173. The van der Waals surface area contributed by atoms with E-state index >= 15 is 0 Å². The lowest BCUT2D eigenvalue weighted by Gasteiger charge is -2.31. The van der Waals surface area contributed by atoms with Crippen molar-refractivity contribution in [3.8, 4) is 0 Å². The Labute approximate surface area is 122 Å². The summed E-state index contributed by atoms with van der Waals surface area (Å²) in [6.45, 7) is 4.52. The monoisotopic (exact) mass is 274 g/mol. The summed E-state index contributed by atoms with van der Waals surface area (Å²) in [4.78, 5) is 4.79. The Bertz CT molecular complexity index is 450. The summed E-state index contributed by atoms with van der Waals surface area (Å²) >= 11 is 0. The second-order valence-electron chi connectivity index (χ2n) is 6.06. The van der Waals surface area contributed by atoms with Crippen molar-refractivity contribution < 1.29 is 0 Å². The average Bonchev–Trinajstić information content (AvgIpc) is 2.41. The quantitative estimate of drug-likeness (QED) is 0.635. The number of amidine groups is 1. The first-order chi connectivity index (χ1) is 9.54. The minimum absolute atomic E-state index is 0.143. The molecule has 0 atom stereocenters. The molecule has 0 spiro atoms. The number of nitrogen functional groups attached to an aromatic ring is 1. The van der Waals surface area contributed by atoms with Crippen LogP contribution in [0.3, 0.4) is 0 Å². The summed E-state index contributed by atoms with van der Waals surface area (Å²) in [5.41, 5.74) is 7.59. The van der Waals surface area contributed by atoms with Crippen LogP contribution in [0.25, 0.3) is 0 Å². The molecule has 1 saturated heterocycles. The SMILES string of the molecule is CN1CCC(CN(C)Cc2cccc(C(=N)N)c2)CC1. The number of rotatable bonds is 5. The number of benzene rings is 1. The van der Waals surface area contributed by atoms with Crippen molar-refractivity contribution >= 4 is 5.84 Å². The zero-order valence-corrected chi connectivity index (χ0v) is 12.6. The Balaban J connectivity index is 1.86. The van der Waals surface area contributed by atoms with E-state index in [2.05, 4.69) is 30.0 Å². The smallest absolute Gasteiger partial charge is 0.122 e. The molecule has 0 amide bonds. The molecular weight excluding hydrogens is 248 g/mol. The van der Waals surface area contributed by atoms with Gasteiger partial charge in [0.25, 0.3) is 0 Å². The van der Waals surface area contributed by atoms with Gasteiger partial charge in [-0.1, -0.05) is 18.2 Å². The van der Waals surface area contributed by atoms with E-state index in [1.165, 1.54) is 31.5 Å². The van der Waals surface area contributed by atoms with Gasteiger partial charge in [0.1, 0.15) is 5.84 Å². The third-order valence-electron chi connectivity index (χ3n) is 4.10. The van der Waals surface area contributed by atoms with Gasteiger partial charge in [-0.2, -0.15) is 0 Å². The van der Waals surface area contributed by atoms with Crippen LogP contribution < -0.4 is 5.73 Å². The Morgan fingerprint density at radius 2 is 2.10 bits per heavy atom. The molecule has 0 aliphatic carbocycles. The van der Waals surface area contributed by atoms with Crippen molar-refractivity contribution in [1.29, 1.82) is 5.41 Å². The zero-order chi connectivity index (χ0) is 14.5. The molecule has 1 fully saturated rings. The van der Waals surface area contributed by atoms with Crippen molar-refractivity contribution in [3.63, 3.8) is 0 Å². The molecule has 0 saturated carbocycles. The average molecular weight is 274 g/mol. The van der Waals surface area contributed by atoms with Gasteiger partial charge in [-0.25, -0.2) is 0 Å². The van der Waals surface area contributed by atoms with Crippen LogP contribution >= 0.6 is 0 Å². The van der Waals surface area contributed by atoms with Crippen molar-refractivity contribution in [2.45, 2.75) is 19.4 Å². The highest BCUT2D eigenvalue weighted by Gasteiger charge is 2.18. The van der Waals surface area contributed by atoms with E-state index in [0.29, 0.717) is 0 Å². The minimum Gasteiger partial charge on any atom is -0.384 e. The Morgan fingerprint density at radius 3 is 2.75 bits per heavy atom. The van der Waals surface area contributed by atoms with Gasteiger partial charge in [0, 0.05) is 18.7 Å². The summed E-state index contributed by atoms with van der Waals surface area (Å²) in [7, 11) is 4.38. The second-order valence-corrected chi connectivity index (χ2v) is 6.06. The number of nitrogens with one attached hydrogen (secondary N) is 1. The van der Waals surface area contributed by atoms with Crippen molar-refractivity contribution in [2.24, 2.45) is 11.7 Å². The predicted molar refractivity (Wildman–Crippen MR) is 84.0 cm³/mol. The topological polar surface area (TPSA) is 56.4 Å². The molecule has 2 rings (SSSR count). The first-order valence-electron chi connectivity index (χ1n) is 7.35. The van der Waals surface area contributed by atoms with Crippen molar-refractivity contribution in [3.05, 3.63) is 35.4 Å². The van der Waals surface area contributed by atoms with Gasteiger partial charge in [0.2, 0.25) is 0 Å².